The summed E-state index contributed by atoms with van der Waals surface area (Å²) in [5.74, 6) is 0.437. The van der Waals surface area contributed by atoms with Crippen molar-refractivity contribution in [1.82, 2.24) is 5.32 Å². The number of nitrogens with one attached hydrogen (secondary N) is 1. The third kappa shape index (κ3) is 4.25. The van der Waals surface area contributed by atoms with Crippen LogP contribution in [0.4, 0.5) is 5.69 Å². The molecule has 0 amide bonds. The molecule has 0 aromatic heterocycles. The fourth-order valence-electron chi connectivity index (χ4n) is 3.29. The van der Waals surface area contributed by atoms with Crippen LogP contribution in [0.5, 0.6) is 0 Å². The molecular weight excluding hydrogens is 268 g/mol. The van der Waals surface area contributed by atoms with Crippen LogP contribution in [0.3, 0.4) is 0 Å². The second-order valence-corrected chi connectivity index (χ2v) is 5.97. The Labute approximate surface area is 125 Å². The van der Waals surface area contributed by atoms with E-state index in [1.54, 1.807) is 12.1 Å². The summed E-state index contributed by atoms with van der Waals surface area (Å²) in [4.78, 5) is 10.8. The average Bonchev–Trinajstić information content (AvgIpc) is 2.86. The van der Waals surface area contributed by atoms with Crippen molar-refractivity contribution in [2.45, 2.75) is 51.1 Å². The van der Waals surface area contributed by atoms with E-state index in [0.717, 1.165) is 37.7 Å². The first-order valence-corrected chi connectivity index (χ1v) is 7.71. The summed E-state index contributed by atoms with van der Waals surface area (Å²) in [5, 5.41) is 23.7. The summed E-state index contributed by atoms with van der Waals surface area (Å²) in [5.41, 5.74) is 1.06. The maximum atomic E-state index is 11.1. The quantitative estimate of drug-likeness (QED) is 0.598. The Morgan fingerprint density at radius 2 is 2.19 bits per heavy atom. The van der Waals surface area contributed by atoms with E-state index in [9.17, 15) is 10.1 Å². The lowest BCUT2D eigenvalue weighted by Crippen LogP contribution is -2.40. The first-order chi connectivity index (χ1) is 10.1. The number of nitrogens with zero attached hydrogens (tertiary/aromatic N) is 1. The van der Waals surface area contributed by atoms with Crippen molar-refractivity contribution in [3.8, 4) is 0 Å². The molecule has 1 aromatic carbocycles. The number of aliphatic hydroxyl groups is 1. The maximum Gasteiger partial charge on any atom is 0.272 e. The van der Waals surface area contributed by atoms with Gasteiger partial charge in [0.15, 0.2) is 0 Å². The van der Waals surface area contributed by atoms with Gasteiger partial charge in [0.1, 0.15) is 0 Å². The van der Waals surface area contributed by atoms with Crippen LogP contribution in [-0.4, -0.2) is 28.7 Å². The van der Waals surface area contributed by atoms with Crippen LogP contribution in [0.2, 0.25) is 0 Å². The number of nitro groups is 1. The second kappa shape index (κ2) is 7.52. The van der Waals surface area contributed by atoms with E-state index in [1.165, 1.54) is 0 Å². The Balaban J connectivity index is 2.03. The molecule has 0 radical (unpaired) electrons. The minimum absolute atomic E-state index is 0.190. The molecule has 1 aromatic rings. The molecule has 5 nitrogen and oxygen atoms in total. The lowest BCUT2D eigenvalue weighted by Gasteiger charge is -2.25. The van der Waals surface area contributed by atoms with Crippen LogP contribution in [0, 0.1) is 16.0 Å². The van der Waals surface area contributed by atoms with Crippen LogP contribution in [-0.2, 0) is 6.42 Å². The van der Waals surface area contributed by atoms with Gasteiger partial charge in [-0.05, 0) is 38.5 Å². The molecule has 0 bridgehead atoms. The van der Waals surface area contributed by atoms with Gasteiger partial charge in [-0.15, -0.1) is 0 Å². The summed E-state index contributed by atoms with van der Waals surface area (Å²) in [7, 11) is 0. The third-order valence-corrected chi connectivity index (χ3v) is 4.39. The van der Waals surface area contributed by atoms with Crippen molar-refractivity contribution < 1.29 is 10.0 Å². The van der Waals surface area contributed by atoms with Crippen LogP contribution in [0.15, 0.2) is 24.3 Å². The minimum atomic E-state index is -0.291. The normalized spacial score (nSPS) is 23.1. The summed E-state index contributed by atoms with van der Waals surface area (Å²) in [6.07, 6.45) is 4.88. The molecule has 1 aliphatic carbocycles. The topological polar surface area (TPSA) is 75.4 Å². The average molecular weight is 292 g/mol. The van der Waals surface area contributed by atoms with Gasteiger partial charge in [-0.3, -0.25) is 10.1 Å². The van der Waals surface area contributed by atoms with Crippen molar-refractivity contribution >= 4 is 5.69 Å². The van der Waals surface area contributed by atoms with E-state index in [2.05, 4.69) is 12.2 Å². The van der Waals surface area contributed by atoms with Crippen molar-refractivity contribution in [2.24, 2.45) is 5.92 Å². The molecule has 1 saturated carbocycles. The first-order valence-electron chi connectivity index (χ1n) is 7.71. The number of nitro benzene ring substituents is 1. The molecule has 21 heavy (non-hydrogen) atoms. The Hall–Kier alpha value is -1.46. The summed E-state index contributed by atoms with van der Waals surface area (Å²) in [6, 6.07) is 7.72. The van der Waals surface area contributed by atoms with E-state index in [1.807, 2.05) is 12.1 Å². The molecule has 0 saturated heterocycles. The van der Waals surface area contributed by atoms with E-state index < -0.39 is 0 Å². The van der Waals surface area contributed by atoms with Crippen molar-refractivity contribution in [1.29, 1.82) is 0 Å². The van der Waals surface area contributed by atoms with E-state index in [4.69, 9.17) is 5.11 Å². The van der Waals surface area contributed by atoms with Gasteiger partial charge in [-0.2, -0.15) is 0 Å². The fraction of sp³-hybridized carbons (Fsp3) is 0.625. The number of benzene rings is 1. The highest BCUT2D eigenvalue weighted by atomic mass is 16.6. The number of hydrogen-bond donors (Lipinski definition) is 2. The highest BCUT2D eigenvalue weighted by molar-refractivity contribution is 5.40. The number of para-hydroxylation sites is 1. The maximum absolute atomic E-state index is 11.1. The van der Waals surface area contributed by atoms with Crippen molar-refractivity contribution in [2.75, 3.05) is 6.61 Å². The van der Waals surface area contributed by atoms with Gasteiger partial charge in [-0.25, -0.2) is 0 Å². The number of hydrogen-bond acceptors (Lipinski definition) is 4. The number of rotatable bonds is 7. The van der Waals surface area contributed by atoms with E-state index in [-0.39, 0.29) is 23.3 Å². The Bertz CT molecular complexity index is 478. The molecule has 2 rings (SSSR count). The SMILES string of the molecule is C[C@H](CCO)NC1CCCC1Cc1ccccc1[N+](=O)[O-]. The molecule has 3 atom stereocenters. The van der Waals surface area contributed by atoms with Gasteiger partial charge in [0.05, 0.1) is 4.92 Å². The molecule has 2 unspecified atom stereocenters. The highest BCUT2D eigenvalue weighted by Gasteiger charge is 2.29. The van der Waals surface area contributed by atoms with Gasteiger partial charge in [-0.1, -0.05) is 24.6 Å². The first kappa shape index (κ1) is 15.9. The molecule has 1 fully saturated rings. The van der Waals surface area contributed by atoms with Gasteiger partial charge in [0.2, 0.25) is 0 Å². The monoisotopic (exact) mass is 292 g/mol. The van der Waals surface area contributed by atoms with E-state index >= 15 is 0 Å². The zero-order valence-corrected chi connectivity index (χ0v) is 12.5. The van der Waals surface area contributed by atoms with Crippen LogP contribution >= 0.6 is 0 Å². The van der Waals surface area contributed by atoms with E-state index in [0.29, 0.717) is 12.0 Å². The highest BCUT2D eigenvalue weighted by Crippen LogP contribution is 2.31. The number of aliphatic hydroxyl groups excluding tert-OH is 1. The molecule has 1 aliphatic rings. The molecular formula is C16H24N2O3. The standard InChI is InChI=1S/C16H24N2O3/c1-12(9-10-19)17-15-7-4-6-13(15)11-14-5-2-3-8-16(14)18(20)21/h2-3,5,8,12-13,15,17,19H,4,6-7,9-11H2,1H3/t12-,13?,15?/m1/s1. The molecule has 116 valence electrons. The Morgan fingerprint density at radius 1 is 1.43 bits per heavy atom. The third-order valence-electron chi connectivity index (χ3n) is 4.39. The molecule has 2 N–H and O–H groups in total. The van der Waals surface area contributed by atoms with Crippen LogP contribution in [0.25, 0.3) is 0 Å². The van der Waals surface area contributed by atoms with Crippen LogP contribution < -0.4 is 5.32 Å². The lowest BCUT2D eigenvalue weighted by atomic mass is 9.93. The van der Waals surface area contributed by atoms with Crippen molar-refractivity contribution in [3.63, 3.8) is 0 Å². The zero-order chi connectivity index (χ0) is 15.2. The molecule has 0 spiro atoms. The summed E-state index contributed by atoms with van der Waals surface area (Å²) in [6.45, 7) is 2.27. The molecule has 5 heteroatoms. The lowest BCUT2D eigenvalue weighted by molar-refractivity contribution is -0.385. The summed E-state index contributed by atoms with van der Waals surface area (Å²) < 4.78 is 0. The largest absolute Gasteiger partial charge is 0.396 e. The van der Waals surface area contributed by atoms with Crippen molar-refractivity contribution in [3.05, 3.63) is 39.9 Å². The smallest absolute Gasteiger partial charge is 0.272 e. The molecule has 0 aliphatic heterocycles. The predicted molar refractivity (Wildman–Crippen MR) is 82.2 cm³/mol. The van der Waals surface area contributed by atoms with Gasteiger partial charge in [0, 0.05) is 30.3 Å². The minimum Gasteiger partial charge on any atom is -0.396 e. The Morgan fingerprint density at radius 3 is 2.90 bits per heavy atom. The Kier molecular flexibility index (Phi) is 5.70. The van der Waals surface area contributed by atoms with Gasteiger partial charge in [0.25, 0.3) is 5.69 Å². The van der Waals surface area contributed by atoms with Gasteiger partial charge < -0.3 is 10.4 Å². The zero-order valence-electron chi connectivity index (χ0n) is 12.5. The summed E-state index contributed by atoms with van der Waals surface area (Å²) >= 11 is 0. The predicted octanol–water partition coefficient (Wildman–Crippen LogP) is 2.67. The second-order valence-electron chi connectivity index (χ2n) is 5.97. The molecule has 0 heterocycles. The van der Waals surface area contributed by atoms with Gasteiger partial charge >= 0.3 is 0 Å². The fourth-order valence-corrected chi connectivity index (χ4v) is 3.29. The van der Waals surface area contributed by atoms with Crippen LogP contribution in [0.1, 0.15) is 38.2 Å².